The van der Waals surface area contributed by atoms with E-state index < -0.39 is 16.0 Å². The molecule has 1 amide bonds. The number of carbonyl (C=O) groups excluding carboxylic acids is 1. The average Bonchev–Trinajstić information content (AvgIpc) is 2.77. The van der Waals surface area contributed by atoms with Gasteiger partial charge < -0.3 is 20.5 Å². The molecule has 0 unspecified atom stereocenters. The summed E-state index contributed by atoms with van der Waals surface area (Å²) in [5, 5.41) is 3.41. The minimum Gasteiger partial charge on any atom is -0.493 e. The lowest BCUT2D eigenvalue weighted by Gasteiger charge is -2.12. The molecule has 3 rings (SSSR count). The molecule has 0 bridgehead atoms. The summed E-state index contributed by atoms with van der Waals surface area (Å²) in [7, 11) is -2.08. The molecule has 1 aromatic carbocycles. The highest BCUT2D eigenvalue weighted by Gasteiger charge is 2.09. The van der Waals surface area contributed by atoms with Crippen LogP contribution < -0.4 is 20.5 Å². The lowest BCUT2D eigenvalue weighted by Crippen LogP contribution is -2.16. The molecule has 10 nitrogen and oxygen atoms in total. The van der Waals surface area contributed by atoms with Crippen LogP contribution in [0.25, 0.3) is 0 Å². The molecule has 3 aromatic rings. The lowest BCUT2D eigenvalue weighted by atomic mass is 10.2. The number of hydrogen-bond acceptors (Lipinski definition) is 8. The first kappa shape index (κ1) is 25.7. The molecule has 2 aromatic heterocycles. The molecule has 4 N–H and O–H groups in total. The number of rotatable bonds is 9. The number of benzene rings is 1. The summed E-state index contributed by atoms with van der Waals surface area (Å²) in [4.78, 5) is 19.3. The van der Waals surface area contributed by atoms with Gasteiger partial charge in [0.2, 0.25) is 11.8 Å². The largest absolute Gasteiger partial charge is 0.493 e. The number of ether oxygens (including phenoxy) is 2. The van der Waals surface area contributed by atoms with Gasteiger partial charge in [0.25, 0.3) is 10.1 Å². The standard InChI is InChI=1S/C21H22N4O3.CH4O3S/c1-27-19-11-16(13-24-10-8-15-3-2-9-23-12-15)4-6-18(19)28-20-7-5-17(14-25-20)21(22)26;1-5(2,3)4/h2-7,9,11-12,14,24H,8,10,13H2,1H3,(H2,22,26);1H3,(H,2,3,4). The highest BCUT2D eigenvalue weighted by Crippen LogP contribution is 2.31. The first-order valence-electron chi connectivity index (χ1n) is 9.78. The van der Waals surface area contributed by atoms with E-state index in [4.69, 9.17) is 19.8 Å². The van der Waals surface area contributed by atoms with Crippen LogP contribution in [0.1, 0.15) is 21.5 Å². The van der Waals surface area contributed by atoms with Crippen LogP contribution in [0, 0.1) is 0 Å². The molecular weight excluding hydrogens is 448 g/mol. The van der Waals surface area contributed by atoms with Crippen LogP contribution in [0.4, 0.5) is 0 Å². The minimum atomic E-state index is -3.67. The van der Waals surface area contributed by atoms with E-state index >= 15 is 0 Å². The first-order valence-corrected chi connectivity index (χ1v) is 11.6. The second kappa shape index (κ2) is 12.5. The van der Waals surface area contributed by atoms with Crippen molar-refractivity contribution in [3.63, 3.8) is 0 Å². The van der Waals surface area contributed by atoms with E-state index in [0.29, 0.717) is 35.7 Å². The molecule has 0 spiro atoms. The minimum absolute atomic E-state index is 0.326. The fourth-order valence-electron chi connectivity index (χ4n) is 2.62. The molecule has 0 atom stereocenters. The van der Waals surface area contributed by atoms with E-state index in [1.54, 1.807) is 25.4 Å². The van der Waals surface area contributed by atoms with E-state index in [-0.39, 0.29) is 0 Å². The van der Waals surface area contributed by atoms with Gasteiger partial charge in [-0.1, -0.05) is 12.1 Å². The number of nitrogens with one attached hydrogen (secondary N) is 1. The van der Waals surface area contributed by atoms with Gasteiger partial charge in [0, 0.05) is 31.2 Å². The number of nitrogens with zero attached hydrogens (tertiary/aromatic N) is 2. The van der Waals surface area contributed by atoms with E-state index in [2.05, 4.69) is 21.4 Å². The Hall–Kier alpha value is -3.54. The van der Waals surface area contributed by atoms with E-state index in [1.165, 1.54) is 11.8 Å². The molecule has 0 aliphatic rings. The molecule has 11 heteroatoms. The van der Waals surface area contributed by atoms with Crippen molar-refractivity contribution in [2.45, 2.75) is 13.0 Å². The fraction of sp³-hybridized carbons (Fsp3) is 0.227. The smallest absolute Gasteiger partial charge is 0.261 e. The van der Waals surface area contributed by atoms with Crippen LogP contribution in [-0.2, 0) is 23.1 Å². The van der Waals surface area contributed by atoms with Crippen LogP contribution in [0.5, 0.6) is 17.4 Å². The molecule has 176 valence electrons. The second-order valence-corrected chi connectivity index (χ2v) is 8.32. The van der Waals surface area contributed by atoms with Gasteiger partial charge in [-0.15, -0.1) is 0 Å². The number of amides is 1. The summed E-state index contributed by atoms with van der Waals surface area (Å²) in [6, 6.07) is 12.9. The maximum atomic E-state index is 11.1. The van der Waals surface area contributed by atoms with E-state index in [0.717, 1.165) is 18.5 Å². The molecule has 0 aliphatic carbocycles. The fourth-order valence-corrected chi connectivity index (χ4v) is 2.62. The summed E-state index contributed by atoms with van der Waals surface area (Å²) in [6.45, 7) is 1.56. The predicted octanol–water partition coefficient (Wildman–Crippen LogP) is 2.21. The van der Waals surface area contributed by atoms with Crippen molar-refractivity contribution in [3.8, 4) is 17.4 Å². The number of methoxy groups -OCH3 is 1. The van der Waals surface area contributed by atoms with Crippen LogP contribution in [0.3, 0.4) is 0 Å². The monoisotopic (exact) mass is 474 g/mol. The number of carbonyl (C=O) groups is 1. The number of aromatic nitrogens is 2. The van der Waals surface area contributed by atoms with Crippen molar-refractivity contribution in [3.05, 3.63) is 77.7 Å². The summed E-state index contributed by atoms with van der Waals surface area (Å²) in [5.41, 5.74) is 7.82. The normalized spacial score (nSPS) is 10.6. The predicted molar refractivity (Wildman–Crippen MR) is 123 cm³/mol. The van der Waals surface area contributed by atoms with Crippen molar-refractivity contribution in [1.82, 2.24) is 15.3 Å². The van der Waals surface area contributed by atoms with Crippen molar-refractivity contribution in [2.24, 2.45) is 5.73 Å². The van der Waals surface area contributed by atoms with E-state index in [9.17, 15) is 13.2 Å². The van der Waals surface area contributed by atoms with Crippen molar-refractivity contribution >= 4 is 16.0 Å². The number of hydrogen-bond donors (Lipinski definition) is 3. The lowest BCUT2D eigenvalue weighted by molar-refractivity contribution is 0.1000. The average molecular weight is 475 g/mol. The zero-order valence-electron chi connectivity index (χ0n) is 18.3. The van der Waals surface area contributed by atoms with E-state index in [1.807, 2.05) is 30.5 Å². The van der Waals surface area contributed by atoms with Crippen LogP contribution in [-0.4, -0.2) is 48.8 Å². The zero-order chi connectivity index (χ0) is 24.3. The number of primary amides is 1. The van der Waals surface area contributed by atoms with Crippen LogP contribution in [0.2, 0.25) is 0 Å². The second-order valence-electron chi connectivity index (χ2n) is 6.86. The summed E-state index contributed by atoms with van der Waals surface area (Å²) in [6.07, 6.45) is 6.66. The van der Waals surface area contributed by atoms with Gasteiger partial charge in [-0.3, -0.25) is 14.3 Å². The molecule has 33 heavy (non-hydrogen) atoms. The quantitative estimate of drug-likeness (QED) is 0.313. The third-order valence-corrected chi connectivity index (χ3v) is 4.11. The Morgan fingerprint density at radius 1 is 1.12 bits per heavy atom. The van der Waals surface area contributed by atoms with Gasteiger partial charge in [-0.25, -0.2) is 4.98 Å². The van der Waals surface area contributed by atoms with Gasteiger partial charge in [0.05, 0.1) is 18.9 Å². The topological polar surface area (TPSA) is 154 Å². The third-order valence-electron chi connectivity index (χ3n) is 4.11. The van der Waals surface area contributed by atoms with Crippen molar-refractivity contribution in [1.29, 1.82) is 0 Å². The van der Waals surface area contributed by atoms with Crippen molar-refractivity contribution in [2.75, 3.05) is 19.9 Å². The first-order chi connectivity index (χ1) is 15.7. The Labute approximate surface area is 192 Å². The number of nitrogens with two attached hydrogens (primary N) is 1. The van der Waals surface area contributed by atoms with Gasteiger partial charge >= 0.3 is 0 Å². The molecule has 2 heterocycles. The zero-order valence-corrected chi connectivity index (χ0v) is 19.1. The molecular formula is C22H26N4O6S. The molecule has 0 saturated heterocycles. The Kier molecular flexibility index (Phi) is 9.73. The van der Waals surface area contributed by atoms with Gasteiger partial charge in [-0.05, 0) is 48.4 Å². The van der Waals surface area contributed by atoms with Crippen LogP contribution in [0.15, 0.2) is 61.1 Å². The Morgan fingerprint density at radius 2 is 1.88 bits per heavy atom. The molecule has 0 radical (unpaired) electrons. The van der Waals surface area contributed by atoms with Gasteiger partial charge in [0.15, 0.2) is 11.5 Å². The van der Waals surface area contributed by atoms with Crippen molar-refractivity contribution < 1.29 is 27.2 Å². The summed E-state index contributed by atoms with van der Waals surface area (Å²) >= 11 is 0. The number of pyridine rings is 2. The highest BCUT2D eigenvalue weighted by molar-refractivity contribution is 7.85. The Bertz CT molecular complexity index is 1130. The van der Waals surface area contributed by atoms with Crippen LogP contribution >= 0.6 is 0 Å². The Morgan fingerprint density at radius 3 is 2.45 bits per heavy atom. The molecule has 0 saturated carbocycles. The Balaban J connectivity index is 0.000000696. The SMILES string of the molecule is COc1cc(CNCCc2cccnc2)ccc1Oc1ccc(C(N)=O)cn1.CS(=O)(=O)O. The van der Waals surface area contributed by atoms with Gasteiger partial charge in [-0.2, -0.15) is 8.42 Å². The maximum absolute atomic E-state index is 11.1. The third kappa shape index (κ3) is 10.1. The summed E-state index contributed by atoms with van der Waals surface area (Å²) < 4.78 is 37.1. The maximum Gasteiger partial charge on any atom is 0.261 e. The highest BCUT2D eigenvalue weighted by atomic mass is 32.2. The van der Waals surface area contributed by atoms with Gasteiger partial charge in [0.1, 0.15) is 0 Å². The molecule has 0 aliphatic heterocycles. The summed E-state index contributed by atoms with van der Waals surface area (Å²) in [5.74, 6) is 0.968. The molecule has 0 fully saturated rings.